The molecule has 1 N–H and O–H groups in total. The number of H-pyrrole nitrogens is 1. The molecule has 21 heavy (non-hydrogen) atoms. The summed E-state index contributed by atoms with van der Waals surface area (Å²) in [6.45, 7) is 5.55. The van der Waals surface area contributed by atoms with Gasteiger partial charge in [0.05, 0.1) is 18.4 Å². The van der Waals surface area contributed by atoms with Crippen LogP contribution in [0, 0.1) is 19.8 Å². The molecule has 0 spiro atoms. The smallest absolute Gasteiger partial charge is 0.308 e. The third kappa shape index (κ3) is 2.57. The number of aromatic nitrogens is 3. The van der Waals surface area contributed by atoms with E-state index < -0.39 is 0 Å². The third-order valence-corrected chi connectivity index (χ3v) is 4.04. The number of hydrogen-bond acceptors (Lipinski definition) is 5. The third-order valence-electron chi connectivity index (χ3n) is 4.04. The van der Waals surface area contributed by atoms with Gasteiger partial charge in [-0.05, 0) is 32.8 Å². The first-order valence-electron chi connectivity index (χ1n) is 7.25. The maximum Gasteiger partial charge on any atom is 0.308 e. The van der Waals surface area contributed by atoms with Gasteiger partial charge in [0, 0.05) is 18.8 Å². The Kier molecular flexibility index (Phi) is 3.53. The highest BCUT2D eigenvalue weighted by molar-refractivity contribution is 5.88. The van der Waals surface area contributed by atoms with Gasteiger partial charge in [-0.1, -0.05) is 0 Å². The van der Waals surface area contributed by atoms with E-state index in [9.17, 15) is 4.79 Å². The van der Waals surface area contributed by atoms with Crippen molar-refractivity contribution in [3.05, 3.63) is 17.6 Å². The fourth-order valence-electron chi connectivity index (χ4n) is 2.97. The predicted molar refractivity (Wildman–Crippen MR) is 80.3 cm³/mol. The summed E-state index contributed by atoms with van der Waals surface area (Å²) < 4.78 is 4.84. The molecule has 112 valence electrons. The number of nitrogens with zero attached hydrogens (tertiary/aromatic N) is 3. The molecule has 3 rings (SSSR count). The minimum Gasteiger partial charge on any atom is -0.469 e. The predicted octanol–water partition coefficient (Wildman–Crippen LogP) is 1.96. The molecule has 0 radical (unpaired) electrons. The van der Waals surface area contributed by atoms with E-state index in [-0.39, 0.29) is 11.9 Å². The van der Waals surface area contributed by atoms with E-state index in [4.69, 9.17) is 4.74 Å². The number of hydrogen-bond donors (Lipinski definition) is 1. The number of piperidine rings is 1. The number of methoxy groups -OCH3 is 1. The number of carbonyl (C=O) groups excluding carboxylic acids is 1. The lowest BCUT2D eigenvalue weighted by Crippen LogP contribution is -2.37. The van der Waals surface area contributed by atoms with Gasteiger partial charge >= 0.3 is 5.97 Å². The summed E-state index contributed by atoms with van der Waals surface area (Å²) >= 11 is 0. The summed E-state index contributed by atoms with van der Waals surface area (Å²) in [7, 11) is 1.45. The lowest BCUT2D eigenvalue weighted by Gasteiger charge is -2.31. The van der Waals surface area contributed by atoms with Crippen LogP contribution >= 0.6 is 0 Å². The standard InChI is InChI=1S/C15H20N4O2/c1-9-8-12-13(16-9)17-10(2)18-14(12)19-6-4-11(5-7-19)15(20)21-3/h8,11H,4-7H2,1-3H3,(H,16,17,18). The quantitative estimate of drug-likeness (QED) is 0.855. The van der Waals surface area contributed by atoms with E-state index >= 15 is 0 Å². The number of anilines is 1. The van der Waals surface area contributed by atoms with Crippen LogP contribution in [-0.2, 0) is 9.53 Å². The Hall–Kier alpha value is -2.11. The van der Waals surface area contributed by atoms with Gasteiger partial charge in [-0.25, -0.2) is 9.97 Å². The molecule has 1 aliphatic rings. The van der Waals surface area contributed by atoms with Gasteiger partial charge in [0.2, 0.25) is 0 Å². The molecule has 3 heterocycles. The maximum atomic E-state index is 11.6. The van der Waals surface area contributed by atoms with Crippen LogP contribution in [0.3, 0.4) is 0 Å². The average Bonchev–Trinajstić information content (AvgIpc) is 2.85. The average molecular weight is 288 g/mol. The number of aromatic amines is 1. The fourth-order valence-corrected chi connectivity index (χ4v) is 2.97. The van der Waals surface area contributed by atoms with Crippen LogP contribution in [0.15, 0.2) is 6.07 Å². The summed E-state index contributed by atoms with van der Waals surface area (Å²) in [5.74, 6) is 1.63. The summed E-state index contributed by atoms with van der Waals surface area (Å²) in [4.78, 5) is 26.2. The molecule has 0 amide bonds. The van der Waals surface area contributed by atoms with Crippen LogP contribution in [0.1, 0.15) is 24.4 Å². The van der Waals surface area contributed by atoms with Gasteiger partial charge in [-0.3, -0.25) is 4.79 Å². The molecule has 0 aromatic carbocycles. The minimum atomic E-state index is -0.101. The van der Waals surface area contributed by atoms with Crippen molar-refractivity contribution >= 4 is 22.8 Å². The zero-order chi connectivity index (χ0) is 15.0. The molecular weight excluding hydrogens is 268 g/mol. The SMILES string of the molecule is COC(=O)C1CCN(c2nc(C)nc3[nH]c(C)cc23)CC1. The van der Waals surface area contributed by atoms with Crippen molar-refractivity contribution in [3.8, 4) is 0 Å². The van der Waals surface area contributed by atoms with Gasteiger partial charge in [0.15, 0.2) is 0 Å². The number of aryl methyl sites for hydroxylation is 2. The topological polar surface area (TPSA) is 71.1 Å². The van der Waals surface area contributed by atoms with Crippen molar-refractivity contribution in [1.29, 1.82) is 0 Å². The zero-order valence-electron chi connectivity index (χ0n) is 12.6. The van der Waals surface area contributed by atoms with E-state index in [2.05, 4.69) is 25.9 Å². The highest BCUT2D eigenvalue weighted by atomic mass is 16.5. The highest BCUT2D eigenvalue weighted by Crippen LogP contribution is 2.28. The lowest BCUT2D eigenvalue weighted by molar-refractivity contribution is -0.146. The molecule has 2 aromatic rings. The summed E-state index contributed by atoms with van der Waals surface area (Å²) in [5.41, 5.74) is 1.96. The Bertz CT molecular complexity index is 672. The molecule has 1 saturated heterocycles. The molecule has 0 aliphatic carbocycles. The number of rotatable bonds is 2. The van der Waals surface area contributed by atoms with Crippen molar-refractivity contribution in [2.45, 2.75) is 26.7 Å². The number of fused-ring (bicyclic) bond motifs is 1. The van der Waals surface area contributed by atoms with Gasteiger partial charge in [-0.2, -0.15) is 0 Å². The minimum absolute atomic E-state index is 0.0117. The Morgan fingerprint density at radius 1 is 1.33 bits per heavy atom. The van der Waals surface area contributed by atoms with Crippen molar-refractivity contribution in [2.24, 2.45) is 5.92 Å². The first kappa shape index (κ1) is 13.9. The van der Waals surface area contributed by atoms with E-state index in [1.165, 1.54) is 7.11 Å². The second-order valence-corrected chi connectivity index (χ2v) is 5.59. The van der Waals surface area contributed by atoms with Gasteiger partial charge < -0.3 is 14.6 Å². The number of ether oxygens (including phenoxy) is 1. The molecule has 1 fully saturated rings. The van der Waals surface area contributed by atoms with Crippen molar-refractivity contribution in [2.75, 3.05) is 25.1 Å². The first-order chi connectivity index (χ1) is 10.1. The van der Waals surface area contributed by atoms with Crippen molar-refractivity contribution < 1.29 is 9.53 Å². The number of carbonyl (C=O) groups is 1. The first-order valence-corrected chi connectivity index (χ1v) is 7.25. The molecule has 6 nitrogen and oxygen atoms in total. The molecule has 0 saturated carbocycles. The zero-order valence-corrected chi connectivity index (χ0v) is 12.6. The molecule has 1 aliphatic heterocycles. The molecule has 2 aromatic heterocycles. The monoisotopic (exact) mass is 288 g/mol. The molecular formula is C15H20N4O2. The maximum absolute atomic E-state index is 11.6. The number of nitrogens with one attached hydrogen (secondary N) is 1. The summed E-state index contributed by atoms with van der Waals surface area (Å²) in [5, 5.41) is 1.05. The number of esters is 1. The van der Waals surface area contributed by atoms with Gasteiger partial charge in [0.25, 0.3) is 0 Å². The van der Waals surface area contributed by atoms with E-state index in [1.807, 2.05) is 13.8 Å². The second-order valence-electron chi connectivity index (χ2n) is 5.59. The van der Waals surface area contributed by atoms with Crippen molar-refractivity contribution in [3.63, 3.8) is 0 Å². The summed E-state index contributed by atoms with van der Waals surface area (Å²) in [6.07, 6.45) is 1.61. The van der Waals surface area contributed by atoms with Crippen LogP contribution in [0.2, 0.25) is 0 Å². The molecule has 0 atom stereocenters. The fraction of sp³-hybridized carbons (Fsp3) is 0.533. The molecule has 0 bridgehead atoms. The van der Waals surface area contributed by atoms with Gasteiger partial charge in [0.1, 0.15) is 17.3 Å². The van der Waals surface area contributed by atoms with E-state index in [1.54, 1.807) is 0 Å². The largest absolute Gasteiger partial charge is 0.469 e. The van der Waals surface area contributed by atoms with E-state index in [0.717, 1.165) is 54.3 Å². The summed E-state index contributed by atoms with van der Waals surface area (Å²) in [6, 6.07) is 2.08. The van der Waals surface area contributed by atoms with Crippen LogP contribution in [0.4, 0.5) is 5.82 Å². The Morgan fingerprint density at radius 2 is 2.05 bits per heavy atom. The highest BCUT2D eigenvalue weighted by Gasteiger charge is 2.27. The second kappa shape index (κ2) is 5.35. The lowest BCUT2D eigenvalue weighted by atomic mass is 9.97. The Morgan fingerprint density at radius 3 is 2.71 bits per heavy atom. The Labute approximate surface area is 123 Å². The van der Waals surface area contributed by atoms with Crippen LogP contribution in [0.25, 0.3) is 11.0 Å². The van der Waals surface area contributed by atoms with E-state index in [0.29, 0.717) is 0 Å². The van der Waals surface area contributed by atoms with Crippen LogP contribution < -0.4 is 4.90 Å². The van der Waals surface area contributed by atoms with Crippen LogP contribution in [0.5, 0.6) is 0 Å². The van der Waals surface area contributed by atoms with Crippen LogP contribution in [-0.4, -0.2) is 41.1 Å². The van der Waals surface area contributed by atoms with Crippen molar-refractivity contribution in [1.82, 2.24) is 15.0 Å². The molecule has 6 heteroatoms. The Balaban J connectivity index is 1.87. The molecule has 0 unspecified atom stereocenters. The van der Waals surface area contributed by atoms with Gasteiger partial charge in [-0.15, -0.1) is 0 Å². The normalized spacial score (nSPS) is 16.4.